The number of hydrogen-bond acceptors (Lipinski definition) is 4. The van der Waals surface area contributed by atoms with E-state index in [9.17, 15) is 0 Å². The van der Waals surface area contributed by atoms with Crippen LogP contribution in [0.2, 0.25) is 0 Å². The predicted molar refractivity (Wildman–Crippen MR) is 122 cm³/mol. The zero-order chi connectivity index (χ0) is 19.9. The van der Waals surface area contributed by atoms with Crippen molar-refractivity contribution in [3.63, 3.8) is 0 Å². The molecule has 0 radical (unpaired) electrons. The molecule has 2 aliphatic heterocycles. The minimum Gasteiger partial charge on any atom is -0.384 e. The molecule has 4 heteroatoms. The number of nitrogens with one attached hydrogen (secondary N) is 1. The van der Waals surface area contributed by atoms with Gasteiger partial charge in [-0.2, -0.15) is 0 Å². The Kier molecular flexibility index (Phi) is 4.68. The highest BCUT2D eigenvalue weighted by Crippen LogP contribution is 2.63. The molecule has 2 bridgehead atoms. The van der Waals surface area contributed by atoms with Crippen molar-refractivity contribution >= 4 is 22.9 Å². The third-order valence-electron chi connectivity index (χ3n) is 7.49. The van der Waals surface area contributed by atoms with Gasteiger partial charge in [-0.15, -0.1) is 0 Å². The van der Waals surface area contributed by atoms with Gasteiger partial charge in [0.05, 0.1) is 12.3 Å². The van der Waals surface area contributed by atoms with Gasteiger partial charge in [0.2, 0.25) is 0 Å². The van der Waals surface area contributed by atoms with Gasteiger partial charge in [0.1, 0.15) is 5.84 Å². The molecule has 4 nitrogen and oxygen atoms in total. The Morgan fingerprint density at radius 2 is 2.00 bits per heavy atom. The summed E-state index contributed by atoms with van der Waals surface area (Å²) in [5, 5.41) is 3.78. The van der Waals surface area contributed by atoms with Crippen LogP contribution in [0.5, 0.6) is 0 Å². The van der Waals surface area contributed by atoms with Crippen molar-refractivity contribution in [2.75, 3.05) is 18.4 Å². The van der Waals surface area contributed by atoms with Gasteiger partial charge in [-0.1, -0.05) is 19.1 Å². The summed E-state index contributed by atoms with van der Waals surface area (Å²) < 4.78 is 0. The highest BCUT2D eigenvalue weighted by atomic mass is 15.0. The number of amidine groups is 1. The van der Waals surface area contributed by atoms with E-state index < -0.39 is 0 Å². The van der Waals surface area contributed by atoms with Crippen molar-refractivity contribution in [1.82, 2.24) is 0 Å². The van der Waals surface area contributed by atoms with E-state index in [1.165, 1.54) is 54.6 Å². The zero-order valence-corrected chi connectivity index (χ0v) is 17.8. The van der Waals surface area contributed by atoms with E-state index in [2.05, 4.69) is 54.6 Å². The van der Waals surface area contributed by atoms with Crippen molar-refractivity contribution in [3.05, 3.63) is 41.6 Å². The topological polar surface area (TPSA) is 49.1 Å². The third-order valence-corrected chi connectivity index (χ3v) is 7.49. The van der Waals surface area contributed by atoms with Crippen LogP contribution in [0.25, 0.3) is 0 Å². The van der Waals surface area contributed by atoms with Crippen LogP contribution >= 0.6 is 0 Å². The highest BCUT2D eigenvalue weighted by molar-refractivity contribution is 6.12. The lowest BCUT2D eigenvalue weighted by Crippen LogP contribution is -2.25. The average Bonchev–Trinajstić information content (AvgIpc) is 3.51. The van der Waals surface area contributed by atoms with Crippen molar-refractivity contribution in [3.8, 4) is 0 Å². The maximum Gasteiger partial charge on any atom is 0.124 e. The van der Waals surface area contributed by atoms with Gasteiger partial charge >= 0.3 is 0 Å². The molecule has 4 aliphatic rings. The summed E-state index contributed by atoms with van der Waals surface area (Å²) in [4.78, 5) is 14.1. The van der Waals surface area contributed by atoms with Crippen LogP contribution in [0.15, 0.2) is 51.0 Å². The summed E-state index contributed by atoms with van der Waals surface area (Å²) in [6, 6.07) is 8.75. The summed E-state index contributed by atoms with van der Waals surface area (Å²) in [5.41, 5.74) is 7.26. The maximum absolute atomic E-state index is 4.80. The number of rotatable bonds is 7. The molecule has 0 spiro atoms. The fourth-order valence-electron chi connectivity index (χ4n) is 5.83. The number of allylic oxidation sites excluding steroid dienone is 1. The number of benzene rings is 1. The molecule has 29 heavy (non-hydrogen) atoms. The van der Waals surface area contributed by atoms with Crippen LogP contribution in [-0.4, -0.2) is 30.3 Å². The summed E-state index contributed by atoms with van der Waals surface area (Å²) >= 11 is 0. The van der Waals surface area contributed by atoms with E-state index in [1.807, 2.05) is 0 Å². The second kappa shape index (κ2) is 7.23. The quantitative estimate of drug-likeness (QED) is 0.630. The van der Waals surface area contributed by atoms with Crippen LogP contribution in [0.1, 0.15) is 70.8 Å². The summed E-state index contributed by atoms with van der Waals surface area (Å²) in [5.74, 6) is 1.01. The van der Waals surface area contributed by atoms with E-state index >= 15 is 0 Å². The largest absolute Gasteiger partial charge is 0.384 e. The Labute approximate surface area is 174 Å². The zero-order valence-electron chi connectivity index (χ0n) is 17.8. The monoisotopic (exact) mass is 388 g/mol. The van der Waals surface area contributed by atoms with E-state index in [0.717, 1.165) is 43.9 Å². The van der Waals surface area contributed by atoms with E-state index in [-0.39, 0.29) is 0 Å². The molecule has 0 amide bonds. The number of aliphatic imine (C=N–C) groups is 3. The Morgan fingerprint density at radius 1 is 1.14 bits per heavy atom. The van der Waals surface area contributed by atoms with Crippen LogP contribution < -0.4 is 5.32 Å². The van der Waals surface area contributed by atoms with Crippen LogP contribution in [0.4, 0.5) is 5.69 Å². The third kappa shape index (κ3) is 3.47. The fourth-order valence-corrected chi connectivity index (χ4v) is 5.83. The Morgan fingerprint density at radius 3 is 2.76 bits per heavy atom. The number of fused-ring (bicyclic) bond motifs is 2. The molecule has 2 saturated carbocycles. The van der Waals surface area contributed by atoms with E-state index in [0.29, 0.717) is 10.8 Å². The molecule has 0 aromatic heterocycles. The molecule has 0 saturated heterocycles. The number of hydrogen-bond donors (Lipinski definition) is 1. The fraction of sp³-hybridized carbons (Fsp3) is 0.560. The van der Waals surface area contributed by atoms with E-state index in [4.69, 9.17) is 9.98 Å². The first-order valence-electron chi connectivity index (χ1n) is 11.3. The van der Waals surface area contributed by atoms with E-state index in [1.54, 1.807) is 0 Å². The summed E-state index contributed by atoms with van der Waals surface area (Å²) in [7, 11) is 0. The Hall–Kier alpha value is -2.23. The predicted octanol–water partition coefficient (Wildman–Crippen LogP) is 5.80. The second-order valence-electron chi connectivity index (χ2n) is 9.66. The number of anilines is 1. The lowest BCUT2D eigenvalue weighted by atomic mass is 9.77. The second-order valence-corrected chi connectivity index (χ2v) is 9.66. The summed E-state index contributed by atoms with van der Waals surface area (Å²) in [6.45, 7) is 6.18. The number of nitrogens with zero attached hydrogens (tertiary/aromatic N) is 3. The lowest BCUT2D eigenvalue weighted by Gasteiger charge is -2.28. The van der Waals surface area contributed by atoms with Gasteiger partial charge in [0, 0.05) is 42.4 Å². The lowest BCUT2D eigenvalue weighted by molar-refractivity contribution is 0.312. The molecule has 1 aromatic carbocycles. The standard InChI is InChI=1S/C25H32N4/c1-3-5-23-27-15-21(29-23)19-6-4-7-20(13-19)28-17-24-8-10-25(16-24,11-9-24)22-12-18(2)14-26-22/h4,6-7,13-14,28H,3,5,8-12,15-17H2,1-2H3. The molecule has 2 fully saturated rings. The van der Waals surface area contributed by atoms with Crippen molar-refractivity contribution in [1.29, 1.82) is 0 Å². The van der Waals surface area contributed by atoms with Crippen molar-refractivity contribution < 1.29 is 0 Å². The molecule has 0 atom stereocenters. The Balaban J connectivity index is 1.24. The maximum atomic E-state index is 4.80. The summed E-state index contributed by atoms with van der Waals surface area (Å²) in [6.07, 6.45) is 11.9. The molecular weight excluding hydrogens is 356 g/mol. The highest BCUT2D eigenvalue weighted by Gasteiger charge is 2.56. The van der Waals surface area contributed by atoms with Crippen LogP contribution in [-0.2, 0) is 0 Å². The molecule has 2 heterocycles. The average molecular weight is 389 g/mol. The first-order valence-corrected chi connectivity index (χ1v) is 11.3. The first-order chi connectivity index (χ1) is 14.1. The van der Waals surface area contributed by atoms with Crippen LogP contribution in [0.3, 0.4) is 0 Å². The minimum atomic E-state index is 0.392. The molecular formula is C25H32N4. The molecule has 1 aromatic rings. The molecule has 1 N–H and O–H groups in total. The smallest absolute Gasteiger partial charge is 0.124 e. The van der Waals surface area contributed by atoms with Gasteiger partial charge in [-0.25, -0.2) is 4.99 Å². The van der Waals surface area contributed by atoms with Gasteiger partial charge in [0.25, 0.3) is 0 Å². The van der Waals surface area contributed by atoms with Gasteiger partial charge in [-0.3, -0.25) is 9.98 Å². The first kappa shape index (κ1) is 18.8. The molecule has 152 valence electrons. The SMILES string of the molecule is CCCC1=NCC(c2cccc(NCC34CCC(C5=NC=C(C)C5)(CC3)C4)c2)=N1. The van der Waals surface area contributed by atoms with Crippen LogP contribution in [0, 0.1) is 10.8 Å². The molecule has 5 rings (SSSR count). The van der Waals surface area contributed by atoms with Gasteiger partial charge < -0.3 is 5.32 Å². The molecule has 0 unspecified atom stereocenters. The van der Waals surface area contributed by atoms with Gasteiger partial charge in [0.15, 0.2) is 0 Å². The van der Waals surface area contributed by atoms with Crippen molar-refractivity contribution in [2.24, 2.45) is 25.8 Å². The van der Waals surface area contributed by atoms with Crippen molar-refractivity contribution in [2.45, 2.75) is 65.2 Å². The van der Waals surface area contributed by atoms with Gasteiger partial charge in [-0.05, 0) is 74.1 Å². The molecule has 2 aliphatic carbocycles. The normalized spacial score (nSPS) is 30.3. The Bertz CT molecular complexity index is 926. The minimum absolute atomic E-state index is 0.392.